The van der Waals surface area contributed by atoms with Gasteiger partial charge in [0.2, 0.25) is 0 Å². The number of anilines is 1. The van der Waals surface area contributed by atoms with E-state index in [9.17, 15) is 0 Å². The molecule has 0 N–H and O–H groups in total. The van der Waals surface area contributed by atoms with Gasteiger partial charge in [0.25, 0.3) is 0 Å². The van der Waals surface area contributed by atoms with E-state index >= 15 is 0 Å². The molecule has 0 atom stereocenters. The second-order valence-electron chi connectivity index (χ2n) is 7.66. The lowest BCUT2D eigenvalue weighted by atomic mass is 9.94. The summed E-state index contributed by atoms with van der Waals surface area (Å²) in [6.07, 6.45) is 5.19. The van der Waals surface area contributed by atoms with Gasteiger partial charge in [-0.2, -0.15) is 5.10 Å². The van der Waals surface area contributed by atoms with E-state index in [2.05, 4.69) is 40.2 Å². The number of aryl methyl sites for hydroxylation is 1. The molecule has 1 saturated heterocycles. The van der Waals surface area contributed by atoms with Crippen LogP contribution in [0.15, 0.2) is 29.4 Å². The smallest absolute Gasteiger partial charge is 0.151 e. The van der Waals surface area contributed by atoms with Crippen LogP contribution in [0.4, 0.5) is 5.82 Å². The highest BCUT2D eigenvalue weighted by molar-refractivity contribution is 5.82. The molecule has 2 heterocycles. The summed E-state index contributed by atoms with van der Waals surface area (Å²) in [7, 11) is 0. The molecule has 2 aromatic rings. The van der Waals surface area contributed by atoms with Gasteiger partial charge in [-0.25, -0.2) is 0 Å². The molecule has 156 valence electrons. The maximum atomic E-state index is 6.11. The second kappa shape index (κ2) is 10.2. The molecule has 0 bridgehead atoms. The summed E-state index contributed by atoms with van der Waals surface area (Å²) in [5, 5.41) is 12.5. The van der Waals surface area contributed by atoms with Crippen molar-refractivity contribution in [3.63, 3.8) is 0 Å². The maximum Gasteiger partial charge on any atom is 0.151 e. The minimum absolute atomic E-state index is 0.576. The fourth-order valence-electron chi connectivity index (χ4n) is 3.63. The van der Waals surface area contributed by atoms with E-state index in [0.717, 1.165) is 48.9 Å². The third-order valence-electron chi connectivity index (χ3n) is 5.68. The summed E-state index contributed by atoms with van der Waals surface area (Å²) in [6.45, 7) is 11.5. The molecule has 1 aromatic heterocycles. The number of benzene rings is 1. The molecule has 0 spiro atoms. The number of aromatic nitrogens is 2. The van der Waals surface area contributed by atoms with Crippen molar-refractivity contribution in [1.82, 2.24) is 10.2 Å². The molecule has 0 unspecified atom stereocenters. The van der Waals surface area contributed by atoms with Gasteiger partial charge in [0.1, 0.15) is 12.4 Å². The summed E-state index contributed by atoms with van der Waals surface area (Å²) in [4.78, 5) is 7.40. The van der Waals surface area contributed by atoms with Crippen LogP contribution in [-0.4, -0.2) is 42.7 Å². The standard InChI is InChI=1S/C23H32N4O2/c1-5-29-24-16-21-7-8-22(19(4)18(21)3)28-15-12-20-10-13-27(14-11-20)23-9-6-17(2)25-26-23/h6-9,16,20H,5,10-15H2,1-4H3/b24-16+. The highest BCUT2D eigenvalue weighted by Gasteiger charge is 2.20. The first kappa shape index (κ1) is 21.1. The van der Waals surface area contributed by atoms with E-state index < -0.39 is 0 Å². The van der Waals surface area contributed by atoms with Crippen LogP contribution in [0.1, 0.15) is 48.6 Å². The first-order valence-electron chi connectivity index (χ1n) is 10.5. The molecule has 29 heavy (non-hydrogen) atoms. The summed E-state index contributed by atoms with van der Waals surface area (Å²) in [5.41, 5.74) is 4.37. The van der Waals surface area contributed by atoms with Crippen LogP contribution in [0, 0.1) is 26.7 Å². The fourth-order valence-corrected chi connectivity index (χ4v) is 3.63. The lowest BCUT2D eigenvalue weighted by molar-refractivity contribution is 0.160. The Morgan fingerprint density at radius 2 is 1.86 bits per heavy atom. The van der Waals surface area contributed by atoms with E-state index in [1.165, 1.54) is 24.0 Å². The van der Waals surface area contributed by atoms with Crippen molar-refractivity contribution in [1.29, 1.82) is 0 Å². The lowest BCUT2D eigenvalue weighted by Gasteiger charge is -2.32. The molecule has 0 aliphatic carbocycles. The minimum Gasteiger partial charge on any atom is -0.493 e. The number of hydrogen-bond acceptors (Lipinski definition) is 6. The number of oxime groups is 1. The van der Waals surface area contributed by atoms with Crippen LogP contribution in [0.2, 0.25) is 0 Å². The van der Waals surface area contributed by atoms with Gasteiger partial charge in [0.15, 0.2) is 5.82 Å². The van der Waals surface area contributed by atoms with Crippen LogP contribution in [0.5, 0.6) is 5.75 Å². The van der Waals surface area contributed by atoms with Crippen molar-refractivity contribution in [2.45, 2.75) is 47.0 Å². The first-order chi connectivity index (χ1) is 14.1. The SMILES string of the molecule is CCO/N=C/c1ccc(OCCC2CCN(c3ccc(C)nn3)CC2)c(C)c1C. The predicted molar refractivity (Wildman–Crippen MR) is 117 cm³/mol. The Kier molecular flexibility index (Phi) is 7.44. The molecule has 1 aliphatic rings. The molecular formula is C23H32N4O2. The van der Waals surface area contributed by atoms with Gasteiger partial charge in [-0.1, -0.05) is 5.16 Å². The number of piperidine rings is 1. The van der Waals surface area contributed by atoms with Gasteiger partial charge in [0.05, 0.1) is 18.5 Å². The summed E-state index contributed by atoms with van der Waals surface area (Å²) in [5.74, 6) is 2.65. The van der Waals surface area contributed by atoms with Crippen LogP contribution in [0.3, 0.4) is 0 Å². The molecule has 0 radical (unpaired) electrons. The van der Waals surface area contributed by atoms with Crippen molar-refractivity contribution in [2.75, 3.05) is 31.2 Å². The lowest BCUT2D eigenvalue weighted by Crippen LogP contribution is -2.34. The predicted octanol–water partition coefficient (Wildman–Crippen LogP) is 4.46. The molecule has 0 saturated carbocycles. The van der Waals surface area contributed by atoms with E-state index in [0.29, 0.717) is 12.5 Å². The fraction of sp³-hybridized carbons (Fsp3) is 0.522. The molecule has 3 rings (SSSR count). The minimum atomic E-state index is 0.576. The number of ether oxygens (including phenoxy) is 1. The van der Waals surface area contributed by atoms with Crippen molar-refractivity contribution in [2.24, 2.45) is 11.1 Å². The van der Waals surface area contributed by atoms with Crippen LogP contribution in [-0.2, 0) is 4.84 Å². The topological polar surface area (TPSA) is 59.8 Å². The zero-order valence-corrected chi connectivity index (χ0v) is 18.0. The van der Waals surface area contributed by atoms with E-state index in [-0.39, 0.29) is 0 Å². The van der Waals surface area contributed by atoms with Gasteiger partial charge in [0, 0.05) is 13.1 Å². The molecule has 1 aliphatic heterocycles. The molecule has 6 heteroatoms. The van der Waals surface area contributed by atoms with Crippen LogP contribution >= 0.6 is 0 Å². The Hall–Kier alpha value is -2.63. The van der Waals surface area contributed by atoms with E-state index in [1.807, 2.05) is 32.0 Å². The van der Waals surface area contributed by atoms with Crippen molar-refractivity contribution >= 4 is 12.0 Å². The quantitative estimate of drug-likeness (QED) is 0.487. The Balaban J connectivity index is 1.46. The Labute approximate surface area is 173 Å². The largest absolute Gasteiger partial charge is 0.493 e. The molecule has 1 aromatic carbocycles. The first-order valence-corrected chi connectivity index (χ1v) is 10.5. The zero-order valence-electron chi connectivity index (χ0n) is 18.0. The van der Waals surface area contributed by atoms with E-state index in [1.54, 1.807) is 6.21 Å². The summed E-state index contributed by atoms with van der Waals surface area (Å²) < 4.78 is 6.11. The van der Waals surface area contributed by atoms with Crippen molar-refractivity contribution < 1.29 is 9.57 Å². The zero-order chi connectivity index (χ0) is 20.6. The number of nitrogens with zero attached hydrogens (tertiary/aromatic N) is 4. The van der Waals surface area contributed by atoms with Crippen LogP contribution < -0.4 is 9.64 Å². The molecule has 1 fully saturated rings. The summed E-state index contributed by atoms with van der Waals surface area (Å²) in [6, 6.07) is 8.18. The van der Waals surface area contributed by atoms with Gasteiger partial charge >= 0.3 is 0 Å². The highest BCUT2D eigenvalue weighted by atomic mass is 16.6. The average Bonchev–Trinajstić information content (AvgIpc) is 2.74. The Morgan fingerprint density at radius 1 is 1.07 bits per heavy atom. The van der Waals surface area contributed by atoms with Gasteiger partial charge in [-0.3, -0.25) is 0 Å². The van der Waals surface area contributed by atoms with Crippen molar-refractivity contribution in [3.8, 4) is 5.75 Å². The highest BCUT2D eigenvalue weighted by Crippen LogP contribution is 2.26. The number of hydrogen-bond donors (Lipinski definition) is 0. The third kappa shape index (κ3) is 5.68. The Bertz CT molecular complexity index is 812. The van der Waals surface area contributed by atoms with Crippen LogP contribution in [0.25, 0.3) is 0 Å². The molecule has 0 amide bonds. The molecular weight excluding hydrogens is 364 g/mol. The summed E-state index contributed by atoms with van der Waals surface area (Å²) >= 11 is 0. The van der Waals surface area contributed by atoms with Crippen molar-refractivity contribution in [3.05, 3.63) is 46.6 Å². The van der Waals surface area contributed by atoms with Gasteiger partial charge in [-0.15, -0.1) is 5.10 Å². The van der Waals surface area contributed by atoms with Gasteiger partial charge < -0.3 is 14.5 Å². The van der Waals surface area contributed by atoms with Gasteiger partial charge in [-0.05, 0) is 93.8 Å². The number of rotatable bonds is 8. The normalized spacial score (nSPS) is 15.1. The van der Waals surface area contributed by atoms with E-state index in [4.69, 9.17) is 9.57 Å². The maximum absolute atomic E-state index is 6.11. The Morgan fingerprint density at radius 3 is 2.55 bits per heavy atom. The second-order valence-corrected chi connectivity index (χ2v) is 7.66. The molecule has 6 nitrogen and oxygen atoms in total. The monoisotopic (exact) mass is 396 g/mol. The average molecular weight is 397 g/mol. The third-order valence-corrected chi connectivity index (χ3v) is 5.68.